The predicted molar refractivity (Wildman–Crippen MR) is 41.8 cm³/mol. The van der Waals surface area contributed by atoms with E-state index < -0.39 is 0 Å². The number of rotatable bonds is 4. The van der Waals surface area contributed by atoms with Gasteiger partial charge in [0.05, 0.1) is 0 Å². The maximum Gasteiger partial charge on any atom is -0.0231 e. The molecule has 0 bridgehead atoms. The Morgan fingerprint density at radius 2 is 2.22 bits per heavy atom. The number of allylic oxidation sites excluding steroid dienone is 1. The third-order valence-corrected chi connectivity index (χ3v) is 1.94. The highest BCUT2D eigenvalue weighted by atomic mass is 14.1. The number of hydrogen-bond acceptors (Lipinski definition) is 0. The van der Waals surface area contributed by atoms with Crippen molar-refractivity contribution in [3.8, 4) is 0 Å². The van der Waals surface area contributed by atoms with Gasteiger partial charge < -0.3 is 0 Å². The second kappa shape index (κ2) is 4.60. The van der Waals surface area contributed by atoms with E-state index in [9.17, 15) is 0 Å². The Bertz CT molecular complexity index is 70.1. The zero-order valence-corrected chi connectivity index (χ0v) is 6.43. The summed E-state index contributed by atoms with van der Waals surface area (Å²) in [5.74, 6) is 1.20. The molecule has 0 saturated heterocycles. The van der Waals surface area contributed by atoms with Crippen molar-refractivity contribution < 1.29 is 0 Å². The van der Waals surface area contributed by atoms with Gasteiger partial charge in [-0.15, -0.1) is 0 Å². The van der Waals surface area contributed by atoms with Crippen LogP contribution in [0.1, 0.15) is 26.7 Å². The van der Waals surface area contributed by atoms with Gasteiger partial charge in [-0.1, -0.05) is 39.8 Å². The molecule has 0 rings (SSSR count). The summed E-state index contributed by atoms with van der Waals surface area (Å²) in [5.41, 5.74) is 0. The topological polar surface area (TPSA) is 0 Å². The van der Waals surface area contributed by atoms with Crippen LogP contribution in [0.3, 0.4) is 0 Å². The molecular weight excluding hydrogens is 108 g/mol. The minimum atomic E-state index is 0.521. The van der Waals surface area contributed by atoms with Crippen LogP contribution in [0.5, 0.6) is 0 Å². The average Bonchev–Trinajstić information content (AvgIpc) is 1.90. The summed E-state index contributed by atoms with van der Waals surface area (Å²) in [5, 5.41) is 0. The Labute approximate surface area is 59.0 Å². The first-order valence-corrected chi connectivity index (χ1v) is 3.60. The number of hydrogen-bond donors (Lipinski definition) is 0. The van der Waals surface area contributed by atoms with Crippen LogP contribution in [0.25, 0.3) is 0 Å². The molecule has 0 saturated carbocycles. The van der Waals surface area contributed by atoms with Crippen LogP contribution in [-0.4, -0.2) is 0 Å². The molecule has 0 fully saturated rings. The van der Waals surface area contributed by atoms with E-state index in [-0.39, 0.29) is 0 Å². The van der Waals surface area contributed by atoms with Crippen LogP contribution >= 0.6 is 0 Å². The minimum absolute atomic E-state index is 0.521. The Morgan fingerprint density at radius 3 is 2.33 bits per heavy atom. The van der Waals surface area contributed by atoms with Crippen LogP contribution in [-0.2, 0) is 0 Å². The minimum Gasteiger partial charge on any atom is -0.0814 e. The summed E-state index contributed by atoms with van der Waals surface area (Å²) in [6.45, 7) is 13.5. The molecule has 0 aromatic heterocycles. The van der Waals surface area contributed by atoms with Crippen LogP contribution in [0.4, 0.5) is 0 Å². The SMILES string of the molecule is [CH]=CC(C)C(C[CH2])CC. The second-order valence-electron chi connectivity index (χ2n) is 2.51. The molecular formula is C9H16. The lowest BCUT2D eigenvalue weighted by Crippen LogP contribution is -2.06. The first-order chi connectivity index (χ1) is 4.26. The van der Waals surface area contributed by atoms with Gasteiger partial charge in [0.25, 0.3) is 0 Å². The second-order valence-corrected chi connectivity index (χ2v) is 2.51. The van der Waals surface area contributed by atoms with Gasteiger partial charge in [-0.25, -0.2) is 0 Å². The lowest BCUT2D eigenvalue weighted by Gasteiger charge is -2.16. The molecule has 2 atom stereocenters. The monoisotopic (exact) mass is 124 g/mol. The Morgan fingerprint density at radius 1 is 1.67 bits per heavy atom. The highest BCUT2D eigenvalue weighted by Crippen LogP contribution is 2.18. The van der Waals surface area contributed by atoms with Crippen molar-refractivity contribution >= 4 is 0 Å². The molecule has 0 nitrogen and oxygen atoms in total. The summed E-state index contributed by atoms with van der Waals surface area (Å²) >= 11 is 0. The highest BCUT2D eigenvalue weighted by Gasteiger charge is 2.08. The summed E-state index contributed by atoms with van der Waals surface area (Å²) in [7, 11) is 0. The van der Waals surface area contributed by atoms with Crippen molar-refractivity contribution in [2.45, 2.75) is 26.7 Å². The molecule has 0 heteroatoms. The van der Waals surface area contributed by atoms with Crippen molar-refractivity contribution in [1.82, 2.24) is 0 Å². The van der Waals surface area contributed by atoms with Crippen molar-refractivity contribution in [2.24, 2.45) is 11.8 Å². The van der Waals surface area contributed by atoms with Gasteiger partial charge in [-0.2, -0.15) is 0 Å². The highest BCUT2D eigenvalue weighted by molar-refractivity contribution is 4.78. The van der Waals surface area contributed by atoms with Crippen molar-refractivity contribution in [1.29, 1.82) is 0 Å². The smallest absolute Gasteiger partial charge is 0.0231 e. The quantitative estimate of drug-likeness (QED) is 0.540. The largest absolute Gasteiger partial charge is 0.0814 e. The van der Waals surface area contributed by atoms with E-state index in [0.717, 1.165) is 6.42 Å². The fraction of sp³-hybridized carbons (Fsp3) is 0.667. The maximum atomic E-state index is 5.37. The van der Waals surface area contributed by atoms with Crippen molar-refractivity contribution in [3.05, 3.63) is 19.6 Å². The molecule has 0 aromatic carbocycles. The molecule has 2 radical (unpaired) electrons. The molecule has 0 aliphatic carbocycles. The average molecular weight is 124 g/mol. The molecule has 0 aliphatic rings. The van der Waals surface area contributed by atoms with Gasteiger partial charge in [-0.3, -0.25) is 0 Å². The first-order valence-electron chi connectivity index (χ1n) is 3.60. The summed E-state index contributed by atoms with van der Waals surface area (Å²) in [4.78, 5) is 0. The van der Waals surface area contributed by atoms with Gasteiger partial charge >= 0.3 is 0 Å². The van der Waals surface area contributed by atoms with E-state index in [1.165, 1.54) is 6.42 Å². The molecule has 52 valence electrons. The Balaban J connectivity index is 3.63. The maximum absolute atomic E-state index is 5.37. The van der Waals surface area contributed by atoms with Crippen molar-refractivity contribution in [3.63, 3.8) is 0 Å². The third-order valence-electron chi connectivity index (χ3n) is 1.94. The molecule has 0 aliphatic heterocycles. The Hall–Kier alpha value is -0.260. The molecule has 2 unspecified atom stereocenters. The first kappa shape index (κ1) is 8.74. The van der Waals surface area contributed by atoms with Crippen molar-refractivity contribution in [2.75, 3.05) is 0 Å². The summed E-state index contributed by atoms with van der Waals surface area (Å²) in [6.07, 6.45) is 3.93. The lowest BCUT2D eigenvalue weighted by atomic mass is 9.90. The standard InChI is InChI=1S/C9H16/c1-5-8(4)9(6-2)7-3/h1,5,8-9H,2,6-7H2,3-4H3. The zero-order valence-electron chi connectivity index (χ0n) is 6.43. The van der Waals surface area contributed by atoms with E-state index in [1.807, 2.05) is 0 Å². The van der Waals surface area contributed by atoms with Crippen LogP contribution in [0.15, 0.2) is 6.08 Å². The lowest BCUT2D eigenvalue weighted by molar-refractivity contribution is 0.410. The van der Waals surface area contributed by atoms with Gasteiger partial charge in [-0.05, 0) is 18.3 Å². The molecule has 0 spiro atoms. The van der Waals surface area contributed by atoms with Gasteiger partial charge in [0, 0.05) is 0 Å². The van der Waals surface area contributed by atoms with Gasteiger partial charge in [0.2, 0.25) is 0 Å². The van der Waals surface area contributed by atoms with E-state index in [2.05, 4.69) is 20.8 Å². The fourth-order valence-electron chi connectivity index (χ4n) is 0.996. The summed E-state index contributed by atoms with van der Waals surface area (Å²) in [6, 6.07) is 0. The van der Waals surface area contributed by atoms with Crippen LogP contribution in [0.2, 0.25) is 0 Å². The molecule has 9 heavy (non-hydrogen) atoms. The van der Waals surface area contributed by atoms with E-state index >= 15 is 0 Å². The molecule has 0 aromatic rings. The van der Waals surface area contributed by atoms with E-state index in [4.69, 9.17) is 6.58 Å². The third kappa shape index (κ3) is 2.69. The normalized spacial score (nSPS) is 13.8. The molecule has 0 heterocycles. The van der Waals surface area contributed by atoms with Gasteiger partial charge in [0.1, 0.15) is 0 Å². The molecule has 0 N–H and O–H groups in total. The van der Waals surface area contributed by atoms with Gasteiger partial charge in [0.15, 0.2) is 0 Å². The predicted octanol–water partition coefficient (Wildman–Crippen LogP) is 2.86. The van der Waals surface area contributed by atoms with Crippen LogP contribution < -0.4 is 0 Å². The molecule has 0 amide bonds. The van der Waals surface area contributed by atoms with E-state index in [0.29, 0.717) is 11.8 Å². The van der Waals surface area contributed by atoms with E-state index in [1.54, 1.807) is 6.08 Å². The Kier molecular flexibility index (Phi) is 4.47. The van der Waals surface area contributed by atoms with Crippen LogP contribution in [0, 0.1) is 25.3 Å². The zero-order chi connectivity index (χ0) is 7.28. The fourth-order valence-corrected chi connectivity index (χ4v) is 0.996. The summed E-state index contributed by atoms with van der Waals surface area (Å²) < 4.78 is 0.